The van der Waals surface area contributed by atoms with Crippen LogP contribution < -0.4 is 0 Å². The van der Waals surface area contributed by atoms with Crippen LogP contribution in [0.1, 0.15) is 10.5 Å². The number of carboxylic acid groups (broad SMARTS) is 1. The highest BCUT2D eigenvalue weighted by Crippen LogP contribution is 1.93. The van der Waals surface area contributed by atoms with Crippen LogP contribution in [-0.2, 0) is 6.54 Å². The van der Waals surface area contributed by atoms with Gasteiger partial charge in [0.25, 0.3) is 0 Å². The van der Waals surface area contributed by atoms with Gasteiger partial charge in [-0.3, -0.25) is 0 Å². The van der Waals surface area contributed by atoms with Crippen molar-refractivity contribution in [3.8, 4) is 0 Å². The van der Waals surface area contributed by atoms with Gasteiger partial charge < -0.3 is 5.11 Å². The van der Waals surface area contributed by atoms with Crippen molar-refractivity contribution in [3.05, 3.63) is 23.0 Å². The van der Waals surface area contributed by atoms with Crippen molar-refractivity contribution in [1.29, 1.82) is 0 Å². The molecule has 1 rings (SSSR count). The minimum atomic E-state index is -1.07. The molecule has 0 bridgehead atoms. The summed E-state index contributed by atoms with van der Waals surface area (Å²) in [6.45, 7) is 0.505. The molecular weight excluding hydrogens is 226 g/mol. The Kier molecular flexibility index (Phi) is 2.98. The van der Waals surface area contributed by atoms with Gasteiger partial charge in [0.2, 0.25) is 0 Å². The van der Waals surface area contributed by atoms with Gasteiger partial charge in [0.15, 0.2) is 5.69 Å². The summed E-state index contributed by atoms with van der Waals surface area (Å²) >= 11 is 3.08. The first-order valence-corrected chi connectivity index (χ1v) is 4.04. The van der Waals surface area contributed by atoms with Gasteiger partial charge in [0, 0.05) is 0 Å². The van der Waals surface area contributed by atoms with Crippen molar-refractivity contribution in [2.75, 3.05) is 0 Å². The summed E-state index contributed by atoms with van der Waals surface area (Å²) in [5, 5.41) is 15.5. The molecule has 64 valence electrons. The predicted molar refractivity (Wildman–Crippen MR) is 45.0 cm³/mol. The largest absolute Gasteiger partial charge is 0.476 e. The number of aromatic nitrogens is 3. The zero-order valence-corrected chi connectivity index (χ0v) is 7.60. The van der Waals surface area contributed by atoms with Gasteiger partial charge in [-0.05, 0) is 4.99 Å². The monoisotopic (exact) mass is 231 g/mol. The molecule has 0 aliphatic heterocycles. The quantitative estimate of drug-likeness (QED) is 0.839. The maximum atomic E-state index is 10.3. The minimum absolute atomic E-state index is 0.0435. The first-order valence-electron chi connectivity index (χ1n) is 3.12. The molecule has 1 heterocycles. The third kappa shape index (κ3) is 2.16. The van der Waals surface area contributed by atoms with Crippen LogP contribution in [0.2, 0.25) is 0 Å². The lowest BCUT2D eigenvalue weighted by Gasteiger charge is -1.88. The highest BCUT2D eigenvalue weighted by atomic mass is 79.9. The van der Waals surface area contributed by atoms with Crippen LogP contribution in [0.3, 0.4) is 0 Å². The fraction of sp³-hybridized carbons (Fsp3) is 0.167. The van der Waals surface area contributed by atoms with E-state index >= 15 is 0 Å². The maximum Gasteiger partial charge on any atom is 0.358 e. The topological polar surface area (TPSA) is 68.0 Å². The van der Waals surface area contributed by atoms with Gasteiger partial charge in [-0.25, -0.2) is 9.48 Å². The lowest BCUT2D eigenvalue weighted by molar-refractivity contribution is 0.0690. The fourth-order valence-electron chi connectivity index (χ4n) is 0.633. The zero-order chi connectivity index (χ0) is 8.97. The van der Waals surface area contributed by atoms with E-state index in [1.165, 1.54) is 10.9 Å². The fourth-order valence-corrected chi connectivity index (χ4v) is 0.801. The van der Waals surface area contributed by atoms with Crippen LogP contribution >= 0.6 is 15.9 Å². The molecule has 0 saturated carbocycles. The van der Waals surface area contributed by atoms with Crippen LogP contribution in [0.25, 0.3) is 0 Å². The van der Waals surface area contributed by atoms with E-state index in [-0.39, 0.29) is 5.69 Å². The summed E-state index contributed by atoms with van der Waals surface area (Å²) in [6, 6.07) is 0. The molecule has 0 aliphatic rings. The van der Waals surface area contributed by atoms with Gasteiger partial charge in [-0.15, -0.1) is 5.10 Å². The molecule has 5 nitrogen and oxygen atoms in total. The summed E-state index contributed by atoms with van der Waals surface area (Å²) in [6.07, 6.45) is 3.15. The van der Waals surface area contributed by atoms with Crippen molar-refractivity contribution in [3.63, 3.8) is 0 Å². The first kappa shape index (κ1) is 8.92. The number of allylic oxidation sites excluding steroid dienone is 1. The molecule has 0 spiro atoms. The average molecular weight is 232 g/mol. The normalized spacial score (nSPS) is 10.8. The van der Waals surface area contributed by atoms with Gasteiger partial charge >= 0.3 is 5.97 Å². The molecule has 0 atom stereocenters. The van der Waals surface area contributed by atoms with E-state index in [1.54, 1.807) is 11.1 Å². The molecule has 0 unspecified atom stereocenters. The Morgan fingerprint density at radius 2 is 2.58 bits per heavy atom. The number of aromatic carboxylic acids is 1. The molecule has 12 heavy (non-hydrogen) atoms. The minimum Gasteiger partial charge on any atom is -0.476 e. The number of hydrogen-bond acceptors (Lipinski definition) is 3. The Morgan fingerprint density at radius 3 is 3.08 bits per heavy atom. The highest BCUT2D eigenvalue weighted by molar-refractivity contribution is 9.11. The summed E-state index contributed by atoms with van der Waals surface area (Å²) in [5.41, 5.74) is -0.0435. The molecule has 0 aromatic carbocycles. The van der Waals surface area contributed by atoms with E-state index in [4.69, 9.17) is 5.11 Å². The van der Waals surface area contributed by atoms with Gasteiger partial charge in [0.05, 0.1) is 12.7 Å². The second kappa shape index (κ2) is 4.01. The predicted octanol–water partition coefficient (Wildman–Crippen LogP) is 0.885. The Hall–Kier alpha value is -1.17. The number of carboxylic acids is 1. The van der Waals surface area contributed by atoms with Gasteiger partial charge in [0.1, 0.15) is 0 Å². The summed E-state index contributed by atoms with van der Waals surface area (Å²) < 4.78 is 1.43. The standard InChI is InChI=1S/C6H6BrN3O2/c7-2-1-3-10-4-5(6(11)12)8-9-10/h1-2,4H,3H2,(H,11,12)/b2-1+. The Bertz CT molecular complexity index is 307. The van der Waals surface area contributed by atoms with E-state index < -0.39 is 5.97 Å². The lowest BCUT2D eigenvalue weighted by atomic mass is 10.5. The van der Waals surface area contributed by atoms with Crippen molar-refractivity contribution < 1.29 is 9.90 Å². The van der Waals surface area contributed by atoms with Crippen LogP contribution in [0.4, 0.5) is 0 Å². The van der Waals surface area contributed by atoms with Gasteiger partial charge in [-0.2, -0.15) is 0 Å². The molecule has 0 saturated heterocycles. The van der Waals surface area contributed by atoms with Crippen LogP contribution in [0.15, 0.2) is 17.3 Å². The maximum absolute atomic E-state index is 10.3. The Labute approximate surface area is 76.8 Å². The van der Waals surface area contributed by atoms with E-state index in [2.05, 4.69) is 26.2 Å². The summed E-state index contributed by atoms with van der Waals surface area (Å²) in [5.74, 6) is -1.07. The SMILES string of the molecule is O=C(O)c1cn(C/C=C/Br)nn1. The molecule has 1 aromatic rings. The molecule has 0 fully saturated rings. The van der Waals surface area contributed by atoms with E-state index in [9.17, 15) is 4.79 Å². The third-order valence-corrected chi connectivity index (χ3v) is 1.51. The van der Waals surface area contributed by atoms with Gasteiger partial charge in [-0.1, -0.05) is 27.2 Å². The Morgan fingerprint density at radius 1 is 1.83 bits per heavy atom. The number of halogens is 1. The van der Waals surface area contributed by atoms with Crippen LogP contribution in [-0.4, -0.2) is 26.1 Å². The summed E-state index contributed by atoms with van der Waals surface area (Å²) in [7, 11) is 0. The molecule has 1 aromatic heterocycles. The number of nitrogens with zero attached hydrogens (tertiary/aromatic N) is 3. The zero-order valence-electron chi connectivity index (χ0n) is 6.01. The van der Waals surface area contributed by atoms with Crippen molar-refractivity contribution in [1.82, 2.24) is 15.0 Å². The van der Waals surface area contributed by atoms with E-state index in [1.807, 2.05) is 0 Å². The molecule has 0 aliphatic carbocycles. The van der Waals surface area contributed by atoms with E-state index in [0.29, 0.717) is 6.54 Å². The third-order valence-electron chi connectivity index (χ3n) is 1.14. The molecule has 0 amide bonds. The first-order chi connectivity index (χ1) is 5.74. The second-order valence-electron chi connectivity index (χ2n) is 1.99. The van der Waals surface area contributed by atoms with Crippen molar-refractivity contribution >= 4 is 21.9 Å². The second-order valence-corrected chi connectivity index (χ2v) is 2.52. The van der Waals surface area contributed by atoms with Crippen molar-refractivity contribution in [2.45, 2.75) is 6.54 Å². The molecule has 0 radical (unpaired) electrons. The number of carbonyl (C=O) groups is 1. The highest BCUT2D eigenvalue weighted by Gasteiger charge is 2.06. The number of hydrogen-bond donors (Lipinski definition) is 1. The van der Waals surface area contributed by atoms with E-state index in [0.717, 1.165) is 0 Å². The van der Waals surface area contributed by atoms with Crippen LogP contribution in [0.5, 0.6) is 0 Å². The molecule has 1 N–H and O–H groups in total. The Balaban J connectivity index is 2.70. The number of rotatable bonds is 3. The van der Waals surface area contributed by atoms with Crippen molar-refractivity contribution in [2.24, 2.45) is 0 Å². The lowest BCUT2D eigenvalue weighted by Crippen LogP contribution is -1.96. The molecular formula is C6H6BrN3O2. The average Bonchev–Trinajstić information content (AvgIpc) is 2.48. The molecule has 6 heteroatoms. The smallest absolute Gasteiger partial charge is 0.358 e. The summed E-state index contributed by atoms with van der Waals surface area (Å²) in [4.78, 5) is 12.0. The van der Waals surface area contributed by atoms with Crippen LogP contribution in [0, 0.1) is 0 Å².